The normalized spacial score (nSPS) is 16.2. The van der Waals surface area contributed by atoms with Gasteiger partial charge in [-0.25, -0.2) is 4.39 Å². The van der Waals surface area contributed by atoms with Crippen LogP contribution in [0.4, 0.5) is 10.1 Å². The molecular weight excluding hydrogens is 269 g/mol. The van der Waals surface area contributed by atoms with Gasteiger partial charge in [0, 0.05) is 18.6 Å². The van der Waals surface area contributed by atoms with E-state index in [0.717, 1.165) is 29.8 Å². The van der Waals surface area contributed by atoms with Crippen LogP contribution in [-0.2, 0) is 15.3 Å². The molecule has 21 heavy (non-hydrogen) atoms. The van der Waals surface area contributed by atoms with Gasteiger partial charge < -0.3 is 0 Å². The van der Waals surface area contributed by atoms with Gasteiger partial charge in [0.05, 0.1) is 10.2 Å². The van der Waals surface area contributed by atoms with Gasteiger partial charge in [0.1, 0.15) is 12.4 Å². The van der Waals surface area contributed by atoms with Crippen LogP contribution in [0, 0.1) is 5.82 Å². The minimum atomic E-state index is -0.261. The van der Waals surface area contributed by atoms with Gasteiger partial charge in [0.2, 0.25) is 5.71 Å². The van der Waals surface area contributed by atoms with Crippen LogP contribution in [-0.4, -0.2) is 17.1 Å². The third-order valence-corrected chi connectivity index (χ3v) is 4.27. The molecule has 0 unspecified atom stereocenters. The zero-order valence-electron chi connectivity index (χ0n) is 13.4. The topological polar surface area (TPSA) is 21.5 Å². The molecule has 0 atom stereocenters. The molecular formula is C17H25FNO2+. The van der Waals surface area contributed by atoms with Crippen LogP contribution in [0.3, 0.4) is 0 Å². The Kier molecular flexibility index (Phi) is 4.99. The van der Waals surface area contributed by atoms with Crippen LogP contribution >= 0.6 is 0 Å². The Morgan fingerprint density at radius 2 is 1.95 bits per heavy atom. The molecule has 116 valence electrons. The van der Waals surface area contributed by atoms with Gasteiger partial charge in [-0.2, -0.15) is 0 Å². The highest BCUT2D eigenvalue weighted by Crippen LogP contribution is 2.39. The summed E-state index contributed by atoms with van der Waals surface area (Å²) >= 11 is 0. The second-order valence-electron chi connectivity index (χ2n) is 6.12. The first-order chi connectivity index (χ1) is 9.98. The molecule has 1 aliphatic rings. The van der Waals surface area contributed by atoms with Gasteiger partial charge in [-0.1, -0.05) is 31.2 Å². The Balaban J connectivity index is 2.04. The molecule has 3 nitrogen and oxygen atoms in total. The number of hydrogen-bond donors (Lipinski definition) is 0. The lowest BCUT2D eigenvalue weighted by Crippen LogP contribution is -2.26. The lowest BCUT2D eigenvalue weighted by atomic mass is 9.82. The van der Waals surface area contributed by atoms with Crippen molar-refractivity contribution in [3.8, 4) is 0 Å². The number of halogens is 1. The summed E-state index contributed by atoms with van der Waals surface area (Å²) in [5.41, 5.74) is 2.52. The maximum Gasteiger partial charge on any atom is 0.265 e. The molecule has 0 N–H and O–H groups in total. The second kappa shape index (κ2) is 6.56. The maximum absolute atomic E-state index is 13.5. The van der Waals surface area contributed by atoms with E-state index in [1.165, 1.54) is 18.9 Å². The van der Waals surface area contributed by atoms with Gasteiger partial charge in [-0.15, -0.1) is 4.89 Å². The lowest BCUT2D eigenvalue weighted by Gasteiger charge is -2.13. The van der Waals surface area contributed by atoms with Gasteiger partial charge in [-0.05, 0) is 32.4 Å². The van der Waals surface area contributed by atoms with Crippen molar-refractivity contribution in [1.82, 2.24) is 0 Å². The standard InChI is InChI=1S/C17H25FNO2/c1-5-6-7-8-11-20-21-19-13(2)17(3,4)15-12-14(18)9-10-16(15)19/h9-10,12H,5-8,11H2,1-4H3/q+1. The van der Waals surface area contributed by atoms with Gasteiger partial charge in [0.25, 0.3) is 5.69 Å². The summed E-state index contributed by atoms with van der Waals surface area (Å²) in [6, 6.07) is 4.76. The summed E-state index contributed by atoms with van der Waals surface area (Å²) in [4.78, 5) is 10.8. The van der Waals surface area contributed by atoms with Crippen molar-refractivity contribution in [2.24, 2.45) is 0 Å². The Bertz CT molecular complexity index is 538. The minimum absolute atomic E-state index is 0.225. The van der Waals surface area contributed by atoms with Crippen molar-refractivity contribution in [1.29, 1.82) is 0 Å². The van der Waals surface area contributed by atoms with Crippen molar-refractivity contribution in [3.63, 3.8) is 0 Å². The van der Waals surface area contributed by atoms with Crippen LogP contribution < -0.4 is 0 Å². The van der Waals surface area contributed by atoms with Crippen molar-refractivity contribution < 1.29 is 19.0 Å². The molecule has 1 aliphatic heterocycles. The SMILES string of the molecule is CCCCCCOO[N+]1=C(C)C(C)(C)c2cc(F)ccc21. The van der Waals surface area contributed by atoms with E-state index in [1.54, 1.807) is 16.9 Å². The number of nitrogens with zero attached hydrogens (tertiary/aromatic N) is 1. The largest absolute Gasteiger partial charge is 0.265 e. The fraction of sp³-hybridized carbons (Fsp3) is 0.588. The van der Waals surface area contributed by atoms with Crippen molar-refractivity contribution >= 4 is 11.4 Å². The second-order valence-corrected chi connectivity index (χ2v) is 6.12. The molecule has 0 fully saturated rings. The van der Waals surface area contributed by atoms with Gasteiger partial charge in [0.15, 0.2) is 0 Å². The number of hydrogen-bond acceptors (Lipinski definition) is 2. The highest BCUT2D eigenvalue weighted by Gasteiger charge is 2.46. The first-order valence-corrected chi connectivity index (χ1v) is 7.72. The first-order valence-electron chi connectivity index (χ1n) is 7.72. The van der Waals surface area contributed by atoms with E-state index in [9.17, 15) is 4.39 Å². The summed E-state index contributed by atoms with van der Waals surface area (Å²) in [6.07, 6.45) is 4.55. The molecule has 0 saturated heterocycles. The smallest absolute Gasteiger partial charge is 0.207 e. The van der Waals surface area contributed by atoms with Crippen LogP contribution in [0.1, 0.15) is 58.9 Å². The number of fused-ring (bicyclic) bond motifs is 1. The van der Waals surface area contributed by atoms with Crippen LogP contribution in [0.25, 0.3) is 0 Å². The minimum Gasteiger partial charge on any atom is -0.207 e. The summed E-state index contributed by atoms with van der Waals surface area (Å²) in [6.45, 7) is 8.85. The molecule has 1 aromatic carbocycles. The number of rotatable bonds is 7. The highest BCUT2D eigenvalue weighted by atomic mass is 19.1. The third kappa shape index (κ3) is 3.26. The molecule has 0 saturated carbocycles. The predicted octanol–water partition coefficient (Wildman–Crippen LogP) is 4.67. The van der Waals surface area contributed by atoms with Crippen LogP contribution in [0.2, 0.25) is 0 Å². The van der Waals surface area contributed by atoms with E-state index < -0.39 is 0 Å². The van der Waals surface area contributed by atoms with Gasteiger partial charge in [-0.3, -0.25) is 0 Å². The monoisotopic (exact) mass is 294 g/mol. The zero-order valence-corrected chi connectivity index (χ0v) is 13.4. The van der Waals surface area contributed by atoms with Gasteiger partial charge >= 0.3 is 0 Å². The number of unbranched alkanes of at least 4 members (excludes halogenated alkanes) is 3. The fourth-order valence-electron chi connectivity index (χ4n) is 2.59. The first kappa shape index (κ1) is 16.0. The quantitative estimate of drug-likeness (QED) is 0.315. The van der Waals surface area contributed by atoms with Crippen molar-refractivity contribution in [2.45, 2.75) is 58.8 Å². The van der Waals surface area contributed by atoms with E-state index in [-0.39, 0.29) is 11.2 Å². The molecule has 0 amide bonds. The van der Waals surface area contributed by atoms with Crippen molar-refractivity contribution in [3.05, 3.63) is 29.6 Å². The Hall–Kier alpha value is -1.42. The van der Waals surface area contributed by atoms with E-state index in [0.29, 0.717) is 6.61 Å². The molecule has 0 radical (unpaired) electrons. The highest BCUT2D eigenvalue weighted by molar-refractivity contribution is 5.92. The number of benzene rings is 1. The summed E-state index contributed by atoms with van der Waals surface area (Å²) in [7, 11) is 0. The molecule has 0 aromatic heterocycles. The molecule has 0 spiro atoms. The molecule has 2 rings (SSSR count). The van der Waals surface area contributed by atoms with E-state index in [4.69, 9.17) is 9.88 Å². The Labute approximate surface area is 126 Å². The average molecular weight is 294 g/mol. The third-order valence-electron chi connectivity index (χ3n) is 4.27. The van der Waals surface area contributed by atoms with Crippen molar-refractivity contribution in [2.75, 3.05) is 6.61 Å². The van der Waals surface area contributed by atoms with Crippen LogP contribution in [0.15, 0.2) is 18.2 Å². The predicted molar refractivity (Wildman–Crippen MR) is 81.2 cm³/mol. The zero-order chi connectivity index (χ0) is 15.5. The van der Waals surface area contributed by atoms with Crippen LogP contribution in [0.5, 0.6) is 0 Å². The lowest BCUT2D eigenvalue weighted by molar-refractivity contribution is -0.827. The summed E-state index contributed by atoms with van der Waals surface area (Å²) < 4.78 is 15.2. The maximum atomic E-state index is 13.5. The van der Waals surface area contributed by atoms with E-state index >= 15 is 0 Å². The fourth-order valence-corrected chi connectivity index (χ4v) is 2.59. The molecule has 0 aliphatic carbocycles. The molecule has 4 heteroatoms. The molecule has 1 aromatic rings. The van der Waals surface area contributed by atoms with E-state index in [1.807, 2.05) is 6.92 Å². The summed E-state index contributed by atoms with van der Waals surface area (Å²) in [5.74, 6) is -0.225. The average Bonchev–Trinajstić information content (AvgIpc) is 2.63. The Morgan fingerprint density at radius 1 is 1.19 bits per heavy atom. The molecule has 0 bridgehead atoms. The Morgan fingerprint density at radius 3 is 2.67 bits per heavy atom. The van der Waals surface area contributed by atoms with E-state index in [2.05, 4.69) is 20.8 Å². The molecule has 1 heterocycles. The summed E-state index contributed by atoms with van der Waals surface area (Å²) in [5, 5.41) is 0.